The molecule has 7 nitrogen and oxygen atoms in total. The summed E-state index contributed by atoms with van der Waals surface area (Å²) in [5, 5.41) is 0. The van der Waals surface area contributed by atoms with Gasteiger partial charge in [-0.2, -0.15) is 0 Å². The lowest BCUT2D eigenvalue weighted by Gasteiger charge is -2.44. The number of benzene rings is 5. The lowest BCUT2D eigenvalue weighted by molar-refractivity contribution is -0.216. The van der Waals surface area contributed by atoms with Gasteiger partial charge in [0.05, 0.1) is 18.3 Å². The van der Waals surface area contributed by atoms with Crippen molar-refractivity contribution in [1.82, 2.24) is 0 Å². The molecule has 5 atom stereocenters. The van der Waals surface area contributed by atoms with Gasteiger partial charge in [0.2, 0.25) is 0 Å². The van der Waals surface area contributed by atoms with Crippen LogP contribution in [0.5, 0.6) is 0 Å². The average Bonchev–Trinajstić information content (AvgIpc) is 3.47. The quantitative estimate of drug-likeness (QED) is 0.135. The topological polar surface area (TPSA) is 80.3 Å². The summed E-state index contributed by atoms with van der Waals surface area (Å²) in [6.45, 7) is 4.15. The van der Waals surface area contributed by atoms with Gasteiger partial charge in [0.1, 0.15) is 18.1 Å². The number of carbonyl (C=O) groups is 2. The van der Waals surface area contributed by atoms with Crippen molar-refractivity contribution in [3.05, 3.63) is 161 Å². The molecule has 50 heavy (non-hydrogen) atoms. The molecule has 0 unspecified atom stereocenters. The maximum atomic E-state index is 13.6. The molecule has 1 aliphatic heterocycles. The Balaban J connectivity index is 1.15. The van der Waals surface area contributed by atoms with Crippen LogP contribution in [-0.2, 0) is 30.3 Å². The predicted octanol–water partition coefficient (Wildman–Crippen LogP) is 8.98. The fraction of sp³-hybridized carbons (Fsp3) is 0.238. The van der Waals surface area contributed by atoms with Gasteiger partial charge in [0.15, 0.2) is 12.2 Å². The molecule has 0 spiro atoms. The highest BCUT2D eigenvalue weighted by atomic mass is 32.2. The molecule has 254 valence electrons. The Morgan fingerprint density at radius 3 is 1.94 bits per heavy atom. The van der Waals surface area contributed by atoms with Crippen LogP contribution >= 0.6 is 11.8 Å². The molecule has 0 saturated carbocycles. The van der Waals surface area contributed by atoms with Crippen molar-refractivity contribution in [3.8, 4) is 11.1 Å². The van der Waals surface area contributed by atoms with Crippen molar-refractivity contribution in [2.45, 2.75) is 61.1 Å². The average molecular weight is 687 g/mol. The molecule has 0 aromatic heterocycles. The van der Waals surface area contributed by atoms with Gasteiger partial charge in [-0.3, -0.25) is 0 Å². The minimum Gasteiger partial charge on any atom is -0.452 e. The van der Waals surface area contributed by atoms with Crippen LogP contribution in [0.2, 0.25) is 0 Å². The molecule has 0 amide bonds. The highest BCUT2D eigenvalue weighted by Crippen LogP contribution is 2.45. The summed E-state index contributed by atoms with van der Waals surface area (Å²) in [5.74, 6) is -0.661. The smallest absolute Gasteiger partial charge is 0.452 e. The van der Waals surface area contributed by atoms with E-state index in [4.69, 9.17) is 23.7 Å². The molecule has 1 aliphatic carbocycles. The van der Waals surface area contributed by atoms with Crippen molar-refractivity contribution in [2.24, 2.45) is 0 Å². The maximum Gasteiger partial charge on any atom is 0.508 e. The van der Waals surface area contributed by atoms with Gasteiger partial charge in [0, 0.05) is 10.8 Å². The zero-order chi connectivity index (χ0) is 34.5. The summed E-state index contributed by atoms with van der Waals surface area (Å²) in [6.07, 6.45) is -4.24. The van der Waals surface area contributed by atoms with Crippen molar-refractivity contribution in [1.29, 1.82) is 0 Å². The van der Waals surface area contributed by atoms with Crippen LogP contribution in [0.1, 0.15) is 45.5 Å². The minimum absolute atomic E-state index is 0.0999. The van der Waals surface area contributed by atoms with Gasteiger partial charge in [-0.15, -0.1) is 0 Å². The summed E-state index contributed by atoms with van der Waals surface area (Å²) < 4.78 is 31.2. The Bertz CT molecular complexity index is 1870. The Labute approximate surface area is 296 Å². The minimum atomic E-state index is -0.946. The van der Waals surface area contributed by atoms with E-state index in [1.54, 1.807) is 24.3 Å². The highest BCUT2D eigenvalue weighted by molar-refractivity contribution is 7.99. The third kappa shape index (κ3) is 7.48. The third-order valence-corrected chi connectivity index (χ3v) is 10.3. The molecule has 1 saturated heterocycles. The zero-order valence-electron chi connectivity index (χ0n) is 27.8. The van der Waals surface area contributed by atoms with Crippen LogP contribution in [0, 0.1) is 6.92 Å². The molecule has 0 radical (unpaired) electrons. The fourth-order valence-corrected chi connectivity index (χ4v) is 7.70. The molecular formula is C42H38O7S. The largest absolute Gasteiger partial charge is 0.508 e. The van der Waals surface area contributed by atoms with Crippen molar-refractivity contribution in [3.63, 3.8) is 0 Å². The van der Waals surface area contributed by atoms with Gasteiger partial charge in [-0.05, 0) is 65.9 Å². The number of hydrogen-bond donors (Lipinski definition) is 0. The highest BCUT2D eigenvalue weighted by Gasteiger charge is 2.50. The van der Waals surface area contributed by atoms with Crippen LogP contribution in [0.3, 0.4) is 0 Å². The van der Waals surface area contributed by atoms with Crippen LogP contribution in [-0.4, -0.2) is 48.6 Å². The molecule has 1 heterocycles. The molecule has 5 aromatic carbocycles. The van der Waals surface area contributed by atoms with E-state index in [9.17, 15) is 9.59 Å². The summed E-state index contributed by atoms with van der Waals surface area (Å²) in [5.41, 5.74) is 6.24. The molecule has 2 aliphatic rings. The van der Waals surface area contributed by atoms with E-state index in [0.717, 1.165) is 38.3 Å². The number of fused-ring (bicyclic) bond motifs is 3. The van der Waals surface area contributed by atoms with Gasteiger partial charge in [-0.1, -0.05) is 127 Å². The van der Waals surface area contributed by atoms with Crippen LogP contribution in [0.4, 0.5) is 4.79 Å². The number of hydrogen-bond acceptors (Lipinski definition) is 8. The van der Waals surface area contributed by atoms with E-state index in [-0.39, 0.29) is 19.1 Å². The molecule has 1 fully saturated rings. The zero-order valence-corrected chi connectivity index (χ0v) is 28.7. The summed E-state index contributed by atoms with van der Waals surface area (Å²) >= 11 is 1.43. The summed E-state index contributed by atoms with van der Waals surface area (Å²) in [6, 6.07) is 42.8. The second-order valence-corrected chi connectivity index (χ2v) is 13.7. The summed E-state index contributed by atoms with van der Waals surface area (Å²) in [4.78, 5) is 28.0. The van der Waals surface area contributed by atoms with Crippen LogP contribution in [0.25, 0.3) is 11.1 Å². The first-order chi connectivity index (χ1) is 24.4. The third-order valence-electron chi connectivity index (χ3n) is 9.10. The molecule has 8 heteroatoms. The lowest BCUT2D eigenvalue weighted by atomic mass is 9.98. The SMILES string of the molecule is Cc1ccc(S[C@@H]2O[C@@H](C)[C@H](OC(=O)OCC3c4ccccc4-c4ccccc43)[C@@H](OCc3ccccc3)[C@H]2OC(=O)c2ccccc2)cc1. The first-order valence-corrected chi connectivity index (χ1v) is 17.6. The van der Waals surface area contributed by atoms with E-state index in [1.807, 2.05) is 98.8 Å². The second-order valence-electron chi connectivity index (χ2n) is 12.5. The second kappa shape index (κ2) is 15.3. The number of carbonyl (C=O) groups excluding carboxylic acids is 2. The van der Waals surface area contributed by atoms with Gasteiger partial charge in [-0.25, -0.2) is 9.59 Å². The van der Waals surface area contributed by atoms with Crippen molar-refractivity contribution in [2.75, 3.05) is 6.61 Å². The molecule has 0 N–H and O–H groups in total. The van der Waals surface area contributed by atoms with Crippen LogP contribution < -0.4 is 0 Å². The van der Waals surface area contributed by atoms with Gasteiger partial charge < -0.3 is 23.7 Å². The first-order valence-electron chi connectivity index (χ1n) is 16.8. The number of esters is 1. The molecule has 7 rings (SSSR count). The predicted molar refractivity (Wildman–Crippen MR) is 192 cm³/mol. The number of aryl methyl sites for hydroxylation is 1. The van der Waals surface area contributed by atoms with E-state index in [0.29, 0.717) is 5.56 Å². The van der Waals surface area contributed by atoms with E-state index < -0.39 is 42.0 Å². The first kappa shape index (κ1) is 33.6. The Hall–Kier alpha value is -4.89. The van der Waals surface area contributed by atoms with E-state index in [2.05, 4.69) is 24.3 Å². The Kier molecular flexibility index (Phi) is 10.3. The number of rotatable bonds is 10. The molecular weight excluding hydrogens is 649 g/mol. The van der Waals surface area contributed by atoms with Crippen LogP contribution in [0.15, 0.2) is 138 Å². The maximum absolute atomic E-state index is 13.6. The van der Waals surface area contributed by atoms with Crippen molar-refractivity contribution >= 4 is 23.9 Å². The Morgan fingerprint density at radius 2 is 1.28 bits per heavy atom. The summed E-state index contributed by atoms with van der Waals surface area (Å²) in [7, 11) is 0. The monoisotopic (exact) mass is 686 g/mol. The fourth-order valence-electron chi connectivity index (χ4n) is 6.56. The molecule has 5 aromatic rings. The number of thioether (sulfide) groups is 1. The standard InChI is InChI=1S/C42H38O7S/c1-27-21-23-31(24-22-27)50-41-39(48-40(43)30-15-7-4-8-16-30)38(45-25-29-13-5-3-6-14-29)37(28(2)47-41)49-42(44)46-26-36-34-19-11-9-17-32(34)33-18-10-12-20-35(33)36/h3-24,28,36-39,41H,25-26H2,1-2H3/t28-,37-,38+,39+,41-/m0/s1. The number of ether oxygens (including phenoxy) is 5. The van der Waals surface area contributed by atoms with Crippen molar-refractivity contribution < 1.29 is 33.3 Å². The Morgan fingerprint density at radius 1 is 0.680 bits per heavy atom. The lowest BCUT2D eigenvalue weighted by Crippen LogP contribution is -2.59. The van der Waals surface area contributed by atoms with Gasteiger partial charge >= 0.3 is 12.1 Å². The van der Waals surface area contributed by atoms with E-state index in [1.165, 1.54) is 11.8 Å². The van der Waals surface area contributed by atoms with Gasteiger partial charge in [0.25, 0.3) is 0 Å². The molecule has 0 bridgehead atoms. The normalized spacial score (nSPS) is 21.1. The van der Waals surface area contributed by atoms with E-state index >= 15 is 0 Å².